The molecule has 1 amide bonds. The summed E-state index contributed by atoms with van der Waals surface area (Å²) in [5.41, 5.74) is -1.75. The van der Waals surface area contributed by atoms with Crippen molar-refractivity contribution in [2.24, 2.45) is 0 Å². The van der Waals surface area contributed by atoms with Crippen LogP contribution in [0.15, 0.2) is 30.3 Å². The van der Waals surface area contributed by atoms with E-state index in [9.17, 15) is 15.2 Å². The Morgan fingerprint density at radius 1 is 1.32 bits per heavy atom. The maximum Gasteiger partial charge on any atom is 0.410 e. The van der Waals surface area contributed by atoms with Crippen molar-refractivity contribution in [1.29, 1.82) is 5.26 Å². The quantitative estimate of drug-likeness (QED) is 0.864. The Balaban J connectivity index is 1.82. The molecule has 0 aromatic heterocycles. The van der Waals surface area contributed by atoms with Crippen LogP contribution in [0.1, 0.15) is 52.5 Å². The van der Waals surface area contributed by atoms with Gasteiger partial charge in [-0.1, -0.05) is 30.3 Å². The summed E-state index contributed by atoms with van der Waals surface area (Å²) in [5, 5.41) is 21.7. The van der Waals surface area contributed by atoms with E-state index in [4.69, 9.17) is 4.74 Å². The molecule has 3 rings (SSSR count). The van der Waals surface area contributed by atoms with Crippen LogP contribution in [0.3, 0.4) is 0 Å². The molecule has 152 valence electrons. The van der Waals surface area contributed by atoms with Gasteiger partial charge in [-0.2, -0.15) is 5.26 Å². The molecule has 28 heavy (non-hydrogen) atoms. The molecule has 0 saturated carbocycles. The van der Waals surface area contributed by atoms with Gasteiger partial charge < -0.3 is 14.7 Å². The number of nitrogens with zero attached hydrogens (tertiary/aromatic N) is 3. The lowest BCUT2D eigenvalue weighted by molar-refractivity contribution is -0.186. The molecule has 0 spiro atoms. The van der Waals surface area contributed by atoms with Crippen molar-refractivity contribution in [3.8, 4) is 6.07 Å². The largest absolute Gasteiger partial charge is 0.444 e. The number of carbonyl (C=O) groups is 1. The SMILES string of the molecule is CC1CCCC(C#N)(C2(O)CN(C(=O)OC(C)(C)C)C2)N1Cc1ccccc1. The molecule has 0 aliphatic carbocycles. The van der Waals surface area contributed by atoms with Gasteiger partial charge in [-0.15, -0.1) is 0 Å². The lowest BCUT2D eigenvalue weighted by atomic mass is 9.68. The molecule has 2 saturated heterocycles. The molecule has 2 aliphatic heterocycles. The second-order valence-corrected chi connectivity index (χ2v) is 9.19. The molecule has 6 nitrogen and oxygen atoms in total. The van der Waals surface area contributed by atoms with Gasteiger partial charge in [0, 0.05) is 12.6 Å². The standard InChI is InChI=1S/C22H31N3O3/c1-17-9-8-12-21(14-23,25(17)13-18-10-6-5-7-11-18)22(27)15-24(16-22)19(26)28-20(2,3)4/h5-7,10-11,17,27H,8-9,12-13,15-16H2,1-4H3. The van der Waals surface area contributed by atoms with Crippen molar-refractivity contribution in [1.82, 2.24) is 9.80 Å². The number of hydrogen-bond acceptors (Lipinski definition) is 5. The van der Waals surface area contributed by atoms with E-state index in [0.29, 0.717) is 13.0 Å². The molecule has 2 fully saturated rings. The molecule has 6 heteroatoms. The number of β-amino-alcohol motifs (C(OH)–C–C–N with tert-alkyl or cyclic N) is 1. The average molecular weight is 386 g/mol. The Bertz CT molecular complexity index is 747. The van der Waals surface area contributed by atoms with E-state index in [-0.39, 0.29) is 19.1 Å². The van der Waals surface area contributed by atoms with Crippen molar-refractivity contribution in [2.45, 2.75) is 76.3 Å². The monoisotopic (exact) mass is 385 g/mol. The summed E-state index contributed by atoms with van der Waals surface area (Å²) < 4.78 is 5.41. The molecular formula is C22H31N3O3. The first-order valence-electron chi connectivity index (χ1n) is 10.0. The lowest BCUT2D eigenvalue weighted by Gasteiger charge is -2.60. The average Bonchev–Trinajstić information content (AvgIpc) is 2.60. The maximum atomic E-state index is 12.3. The number of benzene rings is 1. The van der Waals surface area contributed by atoms with Crippen molar-refractivity contribution in [3.63, 3.8) is 0 Å². The van der Waals surface area contributed by atoms with E-state index in [1.165, 1.54) is 4.90 Å². The maximum absolute atomic E-state index is 12.3. The third kappa shape index (κ3) is 3.74. The summed E-state index contributed by atoms with van der Waals surface area (Å²) in [6.45, 7) is 8.40. The summed E-state index contributed by atoms with van der Waals surface area (Å²) >= 11 is 0. The van der Waals surface area contributed by atoms with Gasteiger partial charge in [0.25, 0.3) is 0 Å². The van der Waals surface area contributed by atoms with Crippen LogP contribution >= 0.6 is 0 Å². The Morgan fingerprint density at radius 2 is 1.96 bits per heavy atom. The summed E-state index contributed by atoms with van der Waals surface area (Å²) in [5.74, 6) is 0. The number of piperidine rings is 1. The first-order chi connectivity index (χ1) is 13.1. The van der Waals surface area contributed by atoms with Crippen LogP contribution in [0, 0.1) is 11.3 Å². The molecule has 2 atom stereocenters. The number of carbonyl (C=O) groups excluding carboxylic acids is 1. The topological polar surface area (TPSA) is 76.8 Å². The highest BCUT2D eigenvalue weighted by Gasteiger charge is 2.63. The van der Waals surface area contributed by atoms with Gasteiger partial charge >= 0.3 is 6.09 Å². The van der Waals surface area contributed by atoms with Crippen molar-refractivity contribution < 1.29 is 14.6 Å². The predicted molar refractivity (Wildman–Crippen MR) is 106 cm³/mol. The Hall–Kier alpha value is -2.10. The number of rotatable bonds is 3. The van der Waals surface area contributed by atoms with Crippen LogP contribution in [-0.2, 0) is 11.3 Å². The molecule has 0 bridgehead atoms. The van der Waals surface area contributed by atoms with Gasteiger partial charge in [0.15, 0.2) is 0 Å². The van der Waals surface area contributed by atoms with Crippen molar-refractivity contribution >= 4 is 6.09 Å². The van der Waals surface area contributed by atoms with E-state index < -0.39 is 22.8 Å². The number of aliphatic hydroxyl groups is 1. The first kappa shape index (κ1) is 20.6. The predicted octanol–water partition coefficient (Wildman–Crippen LogP) is 3.31. The second kappa shape index (κ2) is 7.38. The number of nitriles is 1. The lowest BCUT2D eigenvalue weighted by Crippen LogP contribution is -2.79. The number of ether oxygens (including phenoxy) is 1. The van der Waals surface area contributed by atoms with Crippen molar-refractivity contribution in [3.05, 3.63) is 35.9 Å². The van der Waals surface area contributed by atoms with E-state index in [1.54, 1.807) is 0 Å². The molecule has 1 aromatic carbocycles. The van der Waals surface area contributed by atoms with Crippen LogP contribution in [-0.4, -0.2) is 56.9 Å². The van der Waals surface area contributed by atoms with Crippen LogP contribution in [0.5, 0.6) is 0 Å². The van der Waals surface area contributed by atoms with Gasteiger partial charge in [-0.3, -0.25) is 4.90 Å². The summed E-state index contributed by atoms with van der Waals surface area (Å²) in [4.78, 5) is 16.0. The van der Waals surface area contributed by atoms with E-state index in [2.05, 4.69) is 17.9 Å². The highest BCUT2D eigenvalue weighted by molar-refractivity contribution is 5.70. The summed E-state index contributed by atoms with van der Waals surface area (Å²) in [6.07, 6.45) is 2.03. The minimum atomic E-state index is -1.26. The normalized spacial score (nSPS) is 27.6. The Labute approximate surface area is 167 Å². The van der Waals surface area contributed by atoms with Gasteiger partial charge in [-0.05, 0) is 52.5 Å². The molecule has 2 aliphatic rings. The van der Waals surface area contributed by atoms with Crippen LogP contribution in [0.25, 0.3) is 0 Å². The van der Waals surface area contributed by atoms with Crippen LogP contribution < -0.4 is 0 Å². The number of likely N-dealkylation sites (tertiary alicyclic amines) is 2. The third-order valence-corrected chi connectivity index (χ3v) is 5.89. The van der Waals surface area contributed by atoms with Crippen LogP contribution in [0.2, 0.25) is 0 Å². The molecule has 0 radical (unpaired) electrons. The summed E-state index contributed by atoms with van der Waals surface area (Å²) in [6, 6.07) is 12.7. The van der Waals surface area contributed by atoms with E-state index >= 15 is 0 Å². The highest BCUT2D eigenvalue weighted by Crippen LogP contribution is 2.45. The first-order valence-corrected chi connectivity index (χ1v) is 10.0. The van der Waals surface area contributed by atoms with E-state index in [1.807, 2.05) is 51.1 Å². The molecule has 1 aromatic rings. The highest BCUT2D eigenvalue weighted by atomic mass is 16.6. The summed E-state index contributed by atoms with van der Waals surface area (Å²) in [7, 11) is 0. The zero-order chi connectivity index (χ0) is 20.6. The zero-order valence-corrected chi connectivity index (χ0v) is 17.3. The zero-order valence-electron chi connectivity index (χ0n) is 17.3. The van der Waals surface area contributed by atoms with Gasteiger partial charge in [0.05, 0.1) is 19.2 Å². The minimum Gasteiger partial charge on any atom is -0.444 e. The number of amides is 1. The van der Waals surface area contributed by atoms with Crippen LogP contribution in [0.4, 0.5) is 4.79 Å². The molecular weight excluding hydrogens is 354 g/mol. The van der Waals surface area contributed by atoms with E-state index in [0.717, 1.165) is 18.4 Å². The fraction of sp³-hybridized carbons (Fsp3) is 0.636. The molecule has 1 N–H and O–H groups in total. The number of hydrogen-bond donors (Lipinski definition) is 1. The Kier molecular flexibility index (Phi) is 5.44. The second-order valence-electron chi connectivity index (χ2n) is 9.19. The molecule has 2 unspecified atom stereocenters. The van der Waals surface area contributed by atoms with Gasteiger partial charge in [0.2, 0.25) is 0 Å². The van der Waals surface area contributed by atoms with Gasteiger partial charge in [-0.25, -0.2) is 4.79 Å². The molecule has 2 heterocycles. The van der Waals surface area contributed by atoms with Gasteiger partial charge in [0.1, 0.15) is 16.7 Å². The van der Waals surface area contributed by atoms with Crippen molar-refractivity contribution in [2.75, 3.05) is 13.1 Å². The minimum absolute atomic E-state index is 0.119. The third-order valence-electron chi connectivity index (χ3n) is 5.89. The fourth-order valence-corrected chi connectivity index (χ4v) is 4.43. The smallest absolute Gasteiger partial charge is 0.410 e. The Morgan fingerprint density at radius 3 is 2.54 bits per heavy atom. The fourth-order valence-electron chi connectivity index (χ4n) is 4.43.